The lowest BCUT2D eigenvalue weighted by Gasteiger charge is -2.37. The highest BCUT2D eigenvalue weighted by atomic mass is 16.5. The second-order valence-corrected chi connectivity index (χ2v) is 4.66. The summed E-state index contributed by atoms with van der Waals surface area (Å²) in [6.07, 6.45) is 4.85. The minimum Gasteiger partial charge on any atom is -0.373 e. The summed E-state index contributed by atoms with van der Waals surface area (Å²) in [5.74, 6) is 1.07. The fraction of sp³-hybridized carbons (Fsp3) is 0.786. The zero-order valence-electron chi connectivity index (χ0n) is 12.4. The Hall–Kier alpha value is -0.870. The Morgan fingerprint density at radius 1 is 1.39 bits per heavy atom. The van der Waals surface area contributed by atoms with Gasteiger partial charge in [0.15, 0.2) is 0 Å². The number of aryl methyl sites for hydroxylation is 1. The van der Waals surface area contributed by atoms with Gasteiger partial charge in [-0.15, -0.1) is 0 Å². The van der Waals surface area contributed by atoms with Crippen molar-refractivity contribution in [2.45, 2.75) is 59.2 Å². The molecule has 1 N–H and O–H groups in total. The van der Waals surface area contributed by atoms with Crippen LogP contribution in [0.2, 0.25) is 0 Å². The van der Waals surface area contributed by atoms with Crippen LogP contribution in [0.1, 0.15) is 52.9 Å². The lowest BCUT2D eigenvalue weighted by Crippen LogP contribution is -2.45. The van der Waals surface area contributed by atoms with E-state index in [0.29, 0.717) is 0 Å². The fourth-order valence-corrected chi connectivity index (χ4v) is 2.35. The van der Waals surface area contributed by atoms with Gasteiger partial charge in [0.05, 0.1) is 11.6 Å². The molecular formula is C14H27N3O. The van der Waals surface area contributed by atoms with Crippen molar-refractivity contribution < 1.29 is 4.74 Å². The normalized spacial score (nSPS) is 16.5. The van der Waals surface area contributed by atoms with E-state index < -0.39 is 0 Å². The Morgan fingerprint density at radius 2 is 2.11 bits per heavy atom. The molecular weight excluding hydrogens is 226 g/mol. The second-order valence-electron chi connectivity index (χ2n) is 4.66. The average Bonchev–Trinajstić information content (AvgIpc) is 2.83. The third-order valence-corrected chi connectivity index (χ3v) is 3.54. The number of likely N-dealkylation sites (N-methyl/N-ethyl adjacent to an activating group) is 1. The van der Waals surface area contributed by atoms with E-state index in [2.05, 4.69) is 42.6 Å². The standard InChI is InChI=1S/C14H27N3O/c1-6-14(5,18-9-4)12(15-7-2)13-16-10-11-17(13)8-3/h10-12,15H,6-9H2,1-5H3. The summed E-state index contributed by atoms with van der Waals surface area (Å²) >= 11 is 0. The molecule has 0 bridgehead atoms. The minimum atomic E-state index is -0.219. The van der Waals surface area contributed by atoms with Crippen molar-refractivity contribution >= 4 is 0 Å². The Morgan fingerprint density at radius 3 is 2.61 bits per heavy atom. The summed E-state index contributed by atoms with van der Waals surface area (Å²) < 4.78 is 8.18. The van der Waals surface area contributed by atoms with Gasteiger partial charge in [0.1, 0.15) is 5.82 Å². The monoisotopic (exact) mass is 253 g/mol. The predicted molar refractivity (Wildman–Crippen MR) is 74.6 cm³/mol. The van der Waals surface area contributed by atoms with Gasteiger partial charge in [-0.25, -0.2) is 4.98 Å². The summed E-state index contributed by atoms with van der Waals surface area (Å²) in [6.45, 7) is 13.2. The van der Waals surface area contributed by atoms with Gasteiger partial charge >= 0.3 is 0 Å². The fourth-order valence-electron chi connectivity index (χ4n) is 2.35. The number of imidazole rings is 1. The van der Waals surface area contributed by atoms with E-state index in [1.807, 2.05) is 19.3 Å². The van der Waals surface area contributed by atoms with E-state index in [0.717, 1.165) is 31.9 Å². The molecule has 1 heterocycles. The van der Waals surface area contributed by atoms with Gasteiger partial charge in [0, 0.05) is 25.5 Å². The number of nitrogens with zero attached hydrogens (tertiary/aromatic N) is 2. The van der Waals surface area contributed by atoms with E-state index in [9.17, 15) is 0 Å². The Labute approximate surface area is 111 Å². The molecule has 0 aromatic carbocycles. The number of hydrogen-bond acceptors (Lipinski definition) is 3. The molecule has 0 spiro atoms. The van der Waals surface area contributed by atoms with E-state index in [4.69, 9.17) is 4.74 Å². The van der Waals surface area contributed by atoms with Crippen LogP contribution in [0.3, 0.4) is 0 Å². The molecule has 0 radical (unpaired) electrons. The van der Waals surface area contributed by atoms with Crippen LogP contribution in [-0.4, -0.2) is 28.3 Å². The molecule has 1 aromatic heterocycles. The smallest absolute Gasteiger partial charge is 0.128 e. The van der Waals surface area contributed by atoms with Crippen LogP contribution in [0.25, 0.3) is 0 Å². The second kappa shape index (κ2) is 6.90. The first-order chi connectivity index (χ1) is 8.62. The predicted octanol–water partition coefficient (Wildman–Crippen LogP) is 2.76. The van der Waals surface area contributed by atoms with Crippen LogP contribution in [0, 0.1) is 0 Å². The van der Waals surface area contributed by atoms with Crippen LogP contribution >= 0.6 is 0 Å². The highest BCUT2D eigenvalue weighted by Gasteiger charge is 2.36. The zero-order valence-corrected chi connectivity index (χ0v) is 12.4. The van der Waals surface area contributed by atoms with Crippen LogP contribution in [0.4, 0.5) is 0 Å². The summed E-state index contributed by atoms with van der Waals surface area (Å²) in [5, 5.41) is 3.53. The molecule has 0 aliphatic heterocycles. The SMILES string of the molecule is CCNC(c1nccn1CC)C(C)(CC)OCC. The van der Waals surface area contributed by atoms with Crippen LogP contribution in [-0.2, 0) is 11.3 Å². The minimum absolute atomic E-state index is 0.127. The zero-order chi connectivity index (χ0) is 13.6. The molecule has 2 atom stereocenters. The van der Waals surface area contributed by atoms with Crippen molar-refractivity contribution in [3.63, 3.8) is 0 Å². The molecule has 4 nitrogen and oxygen atoms in total. The molecule has 18 heavy (non-hydrogen) atoms. The van der Waals surface area contributed by atoms with Gasteiger partial charge in [-0.3, -0.25) is 0 Å². The molecule has 0 aliphatic rings. The van der Waals surface area contributed by atoms with Crippen LogP contribution in [0.5, 0.6) is 0 Å². The molecule has 104 valence electrons. The Bertz CT molecular complexity index is 351. The molecule has 0 saturated carbocycles. The molecule has 0 aliphatic carbocycles. The summed E-state index contributed by atoms with van der Waals surface area (Å²) in [5.41, 5.74) is -0.219. The van der Waals surface area contributed by atoms with E-state index in [1.54, 1.807) is 0 Å². The number of ether oxygens (including phenoxy) is 1. The highest BCUT2D eigenvalue weighted by Crippen LogP contribution is 2.31. The van der Waals surface area contributed by atoms with E-state index in [1.165, 1.54) is 0 Å². The summed E-state index contributed by atoms with van der Waals surface area (Å²) in [7, 11) is 0. The summed E-state index contributed by atoms with van der Waals surface area (Å²) in [6, 6.07) is 0.127. The van der Waals surface area contributed by atoms with Gasteiger partial charge in [0.25, 0.3) is 0 Å². The molecule has 1 rings (SSSR count). The molecule has 1 aromatic rings. The van der Waals surface area contributed by atoms with Gasteiger partial charge in [0.2, 0.25) is 0 Å². The van der Waals surface area contributed by atoms with Crippen molar-refractivity contribution in [1.29, 1.82) is 0 Å². The largest absolute Gasteiger partial charge is 0.373 e. The van der Waals surface area contributed by atoms with Crippen molar-refractivity contribution in [2.24, 2.45) is 0 Å². The maximum atomic E-state index is 6.00. The van der Waals surface area contributed by atoms with E-state index >= 15 is 0 Å². The lowest BCUT2D eigenvalue weighted by molar-refractivity contribution is -0.0586. The van der Waals surface area contributed by atoms with Gasteiger partial charge in [-0.1, -0.05) is 13.8 Å². The Balaban J connectivity index is 3.07. The third-order valence-electron chi connectivity index (χ3n) is 3.54. The van der Waals surface area contributed by atoms with Gasteiger partial charge in [-0.2, -0.15) is 0 Å². The third kappa shape index (κ3) is 3.12. The number of aromatic nitrogens is 2. The first kappa shape index (κ1) is 15.2. The molecule has 0 fully saturated rings. The molecule has 0 amide bonds. The van der Waals surface area contributed by atoms with Crippen molar-refractivity contribution in [1.82, 2.24) is 14.9 Å². The maximum absolute atomic E-state index is 6.00. The summed E-state index contributed by atoms with van der Waals surface area (Å²) in [4.78, 5) is 4.52. The molecule has 0 saturated heterocycles. The van der Waals surface area contributed by atoms with Gasteiger partial charge in [-0.05, 0) is 33.7 Å². The van der Waals surface area contributed by atoms with Gasteiger partial charge < -0.3 is 14.6 Å². The van der Waals surface area contributed by atoms with Crippen molar-refractivity contribution in [3.05, 3.63) is 18.2 Å². The Kier molecular flexibility index (Phi) is 5.82. The van der Waals surface area contributed by atoms with Crippen molar-refractivity contribution in [2.75, 3.05) is 13.2 Å². The molecule has 4 heteroatoms. The lowest BCUT2D eigenvalue weighted by atomic mass is 9.92. The maximum Gasteiger partial charge on any atom is 0.128 e. The first-order valence-corrected chi connectivity index (χ1v) is 7.01. The highest BCUT2D eigenvalue weighted by molar-refractivity contribution is 5.07. The quantitative estimate of drug-likeness (QED) is 0.774. The van der Waals surface area contributed by atoms with E-state index in [-0.39, 0.29) is 11.6 Å². The molecule has 2 unspecified atom stereocenters. The number of nitrogens with one attached hydrogen (secondary N) is 1. The number of hydrogen-bond donors (Lipinski definition) is 1. The van der Waals surface area contributed by atoms with Crippen LogP contribution < -0.4 is 5.32 Å². The topological polar surface area (TPSA) is 39.1 Å². The van der Waals surface area contributed by atoms with Crippen molar-refractivity contribution in [3.8, 4) is 0 Å². The number of rotatable bonds is 8. The average molecular weight is 253 g/mol. The first-order valence-electron chi connectivity index (χ1n) is 7.01. The van der Waals surface area contributed by atoms with Crippen LogP contribution in [0.15, 0.2) is 12.4 Å².